The third kappa shape index (κ3) is 3.10. The van der Waals surface area contributed by atoms with Gasteiger partial charge in [0.15, 0.2) is 8.32 Å². The molecule has 0 aromatic carbocycles. The van der Waals surface area contributed by atoms with E-state index in [0.29, 0.717) is 12.8 Å². The summed E-state index contributed by atoms with van der Waals surface area (Å²) in [6.45, 7) is 12.7. The molecule has 0 bridgehead atoms. The van der Waals surface area contributed by atoms with Crippen molar-refractivity contribution in [1.29, 1.82) is 0 Å². The first kappa shape index (κ1) is 21.4. The molecule has 0 N–H and O–H groups in total. The van der Waals surface area contributed by atoms with E-state index in [1.54, 1.807) is 0 Å². The molecule has 1 saturated carbocycles. The SMILES string of the molecule is C[C@H](O[Si](C)(C)C(C)(C)C)[C@@H]1C2=CC[C@H]3C(=O)OC(=O)[C@H]3[C@H]2C[C@@H]2C(=O)OC(=O)[C@H]12. The van der Waals surface area contributed by atoms with Gasteiger partial charge >= 0.3 is 23.9 Å². The van der Waals surface area contributed by atoms with Crippen LogP contribution in [0.2, 0.25) is 18.1 Å². The molecule has 30 heavy (non-hydrogen) atoms. The minimum absolute atomic E-state index is 0.0194. The first-order chi connectivity index (χ1) is 13.8. The maximum Gasteiger partial charge on any atom is 0.318 e. The Labute approximate surface area is 177 Å². The second-order valence-corrected chi connectivity index (χ2v) is 15.4. The van der Waals surface area contributed by atoms with Crippen molar-refractivity contribution in [3.05, 3.63) is 11.6 Å². The molecule has 164 valence electrons. The van der Waals surface area contributed by atoms with Crippen LogP contribution in [0, 0.1) is 35.5 Å². The highest BCUT2D eigenvalue weighted by atomic mass is 28.4. The summed E-state index contributed by atoms with van der Waals surface area (Å²) in [7, 11) is -2.15. The Balaban J connectivity index is 1.74. The molecule has 2 aliphatic heterocycles. The lowest BCUT2D eigenvalue weighted by Gasteiger charge is -2.47. The van der Waals surface area contributed by atoms with Crippen molar-refractivity contribution in [2.24, 2.45) is 35.5 Å². The molecule has 0 amide bonds. The fourth-order valence-electron chi connectivity index (χ4n) is 5.48. The molecular weight excluding hydrogens is 404 g/mol. The van der Waals surface area contributed by atoms with Crippen LogP contribution in [0.3, 0.4) is 0 Å². The quantitative estimate of drug-likeness (QED) is 0.292. The zero-order valence-electron chi connectivity index (χ0n) is 18.4. The Hall–Kier alpha value is -1.80. The van der Waals surface area contributed by atoms with Crippen LogP contribution in [0.4, 0.5) is 0 Å². The van der Waals surface area contributed by atoms with Gasteiger partial charge in [-0.2, -0.15) is 0 Å². The molecule has 2 saturated heterocycles. The van der Waals surface area contributed by atoms with E-state index < -0.39 is 55.9 Å². The summed E-state index contributed by atoms with van der Waals surface area (Å²) in [4.78, 5) is 49.7. The van der Waals surface area contributed by atoms with Crippen molar-refractivity contribution >= 4 is 32.2 Å². The van der Waals surface area contributed by atoms with Crippen LogP contribution in [0.1, 0.15) is 40.5 Å². The van der Waals surface area contributed by atoms with Gasteiger partial charge in [0.2, 0.25) is 0 Å². The van der Waals surface area contributed by atoms with E-state index in [1.165, 1.54) is 0 Å². The predicted octanol–water partition coefficient (Wildman–Crippen LogP) is 2.99. The minimum atomic E-state index is -2.15. The lowest BCUT2D eigenvalue weighted by atomic mass is 9.57. The molecular formula is C22H30O7Si. The number of carbonyl (C=O) groups is 4. The lowest BCUT2D eigenvalue weighted by molar-refractivity contribution is -0.156. The van der Waals surface area contributed by atoms with E-state index in [2.05, 4.69) is 33.9 Å². The lowest BCUT2D eigenvalue weighted by Crippen LogP contribution is -2.51. The molecule has 4 aliphatic rings. The van der Waals surface area contributed by atoms with Gasteiger partial charge in [0.05, 0.1) is 23.7 Å². The van der Waals surface area contributed by atoms with E-state index in [-0.39, 0.29) is 23.0 Å². The van der Waals surface area contributed by atoms with E-state index in [4.69, 9.17) is 13.9 Å². The molecule has 0 radical (unpaired) electrons. The van der Waals surface area contributed by atoms with Gasteiger partial charge in [-0.25, -0.2) is 0 Å². The first-order valence-electron chi connectivity index (χ1n) is 10.7. The monoisotopic (exact) mass is 434 g/mol. The summed E-state index contributed by atoms with van der Waals surface area (Å²) in [5, 5.41) is -0.0194. The molecule has 7 nitrogen and oxygen atoms in total. The summed E-state index contributed by atoms with van der Waals surface area (Å²) in [5.74, 6) is -5.03. The molecule has 0 aromatic rings. The zero-order chi connectivity index (χ0) is 22.2. The number of hydrogen-bond donors (Lipinski definition) is 0. The summed E-state index contributed by atoms with van der Waals surface area (Å²) in [5.41, 5.74) is 0.946. The van der Waals surface area contributed by atoms with E-state index in [9.17, 15) is 19.2 Å². The topological polar surface area (TPSA) is 96.0 Å². The van der Waals surface area contributed by atoms with Gasteiger partial charge in [0.1, 0.15) is 0 Å². The van der Waals surface area contributed by atoms with Gasteiger partial charge in [-0.1, -0.05) is 32.4 Å². The molecule has 7 atom stereocenters. The molecule has 8 heteroatoms. The highest BCUT2D eigenvalue weighted by Gasteiger charge is 2.61. The summed E-state index contributed by atoms with van der Waals surface area (Å²) in [6.07, 6.45) is 2.39. The Morgan fingerprint density at radius 2 is 1.50 bits per heavy atom. The van der Waals surface area contributed by atoms with Gasteiger partial charge in [-0.15, -0.1) is 0 Å². The maximum atomic E-state index is 12.7. The molecule has 2 heterocycles. The van der Waals surface area contributed by atoms with Crippen molar-refractivity contribution in [1.82, 2.24) is 0 Å². The van der Waals surface area contributed by atoms with Gasteiger partial charge < -0.3 is 13.9 Å². The van der Waals surface area contributed by atoms with Gasteiger partial charge in [0.25, 0.3) is 0 Å². The fraction of sp³-hybridized carbons (Fsp3) is 0.727. The average Bonchev–Trinajstić information content (AvgIpc) is 3.07. The summed E-state index contributed by atoms with van der Waals surface area (Å²) >= 11 is 0. The average molecular weight is 435 g/mol. The molecule has 4 rings (SSSR count). The second kappa shape index (κ2) is 6.85. The van der Waals surface area contributed by atoms with Crippen LogP contribution in [0.5, 0.6) is 0 Å². The largest absolute Gasteiger partial charge is 0.414 e. The number of fused-ring (bicyclic) bond motifs is 4. The molecule has 0 aromatic heterocycles. The van der Waals surface area contributed by atoms with Gasteiger partial charge in [0, 0.05) is 12.0 Å². The number of esters is 4. The van der Waals surface area contributed by atoms with Crippen LogP contribution in [0.25, 0.3) is 0 Å². The molecule has 3 fully saturated rings. The summed E-state index contributed by atoms with van der Waals surface area (Å²) in [6, 6.07) is 0. The normalized spacial score (nSPS) is 37.1. The Bertz CT molecular complexity index is 852. The van der Waals surface area contributed by atoms with Crippen LogP contribution in [-0.4, -0.2) is 38.3 Å². The Morgan fingerprint density at radius 3 is 2.10 bits per heavy atom. The zero-order valence-corrected chi connectivity index (χ0v) is 19.4. The smallest absolute Gasteiger partial charge is 0.318 e. The highest BCUT2D eigenvalue weighted by Crippen LogP contribution is 2.55. The minimum Gasteiger partial charge on any atom is -0.414 e. The van der Waals surface area contributed by atoms with Crippen molar-refractivity contribution in [3.63, 3.8) is 0 Å². The standard InChI is InChI=1S/C22H30O7Si/c1-10(29-30(5,6)22(2,3)4)15-11-7-8-12-16(20(25)27-18(12)23)13(11)9-14-17(15)21(26)28-19(14)24/h7,10,12-17H,8-9H2,1-6H3/t10-,12+,13-,14-,15+,16+,17-/m0/s1. The molecule has 2 aliphatic carbocycles. The van der Waals surface area contributed by atoms with Crippen molar-refractivity contribution in [2.45, 2.75) is 64.8 Å². The number of allylic oxidation sites excluding steroid dienone is 1. The predicted molar refractivity (Wildman–Crippen MR) is 108 cm³/mol. The van der Waals surface area contributed by atoms with Crippen molar-refractivity contribution in [3.8, 4) is 0 Å². The number of carbonyl (C=O) groups excluding carboxylic acids is 4. The molecule has 0 spiro atoms. The first-order valence-corrected chi connectivity index (χ1v) is 13.6. The van der Waals surface area contributed by atoms with Crippen molar-refractivity contribution < 1.29 is 33.1 Å². The van der Waals surface area contributed by atoms with Crippen LogP contribution < -0.4 is 0 Å². The van der Waals surface area contributed by atoms with E-state index in [1.807, 2.05) is 13.0 Å². The highest BCUT2D eigenvalue weighted by molar-refractivity contribution is 6.74. The van der Waals surface area contributed by atoms with Crippen molar-refractivity contribution in [2.75, 3.05) is 0 Å². The van der Waals surface area contributed by atoms with E-state index >= 15 is 0 Å². The number of cyclic esters (lactones) is 4. The van der Waals surface area contributed by atoms with Crippen LogP contribution in [-0.2, 0) is 33.1 Å². The summed E-state index contributed by atoms with van der Waals surface area (Å²) < 4.78 is 16.6. The number of rotatable bonds is 3. The Kier molecular flexibility index (Phi) is 4.89. The van der Waals surface area contributed by atoms with Crippen LogP contribution >= 0.6 is 0 Å². The van der Waals surface area contributed by atoms with E-state index in [0.717, 1.165) is 5.57 Å². The van der Waals surface area contributed by atoms with Gasteiger partial charge in [-0.3, -0.25) is 19.2 Å². The Morgan fingerprint density at radius 1 is 0.933 bits per heavy atom. The third-order valence-corrected chi connectivity index (χ3v) is 12.5. The number of ether oxygens (including phenoxy) is 2. The van der Waals surface area contributed by atoms with Gasteiger partial charge in [-0.05, 0) is 43.8 Å². The van der Waals surface area contributed by atoms with Crippen LogP contribution in [0.15, 0.2) is 11.6 Å². The number of hydrogen-bond acceptors (Lipinski definition) is 7. The fourth-order valence-corrected chi connectivity index (χ4v) is 6.91. The third-order valence-electron chi connectivity index (χ3n) is 7.96. The maximum absolute atomic E-state index is 12.7. The molecule has 0 unspecified atom stereocenters. The second-order valence-electron chi connectivity index (χ2n) is 10.6.